The number of ether oxygens (including phenoxy) is 1. The molecule has 0 saturated heterocycles. The molecule has 2 N–H and O–H groups in total. The highest BCUT2D eigenvalue weighted by Crippen LogP contribution is 2.08. The van der Waals surface area contributed by atoms with Gasteiger partial charge in [0.25, 0.3) is 0 Å². The minimum atomic E-state index is -1.12. The number of hydrogen-bond acceptors (Lipinski definition) is 4. The molecule has 100 valence electrons. The monoisotopic (exact) mass is 272 g/mol. The number of carboxylic acid groups (broad SMARTS) is 1. The van der Waals surface area contributed by atoms with E-state index in [1.165, 1.54) is 12.0 Å². The van der Waals surface area contributed by atoms with Gasteiger partial charge in [0, 0.05) is 20.7 Å². The van der Waals surface area contributed by atoms with Crippen molar-refractivity contribution in [1.82, 2.24) is 10.2 Å². The van der Waals surface area contributed by atoms with Crippen LogP contribution in [-0.2, 0) is 16.1 Å². The average Bonchev–Trinajstić information content (AvgIpc) is 2.80. The summed E-state index contributed by atoms with van der Waals surface area (Å²) in [4.78, 5) is 24.0. The van der Waals surface area contributed by atoms with E-state index in [1.54, 1.807) is 18.4 Å². The molecule has 1 aromatic heterocycles. The van der Waals surface area contributed by atoms with Crippen molar-refractivity contribution in [3.05, 3.63) is 22.4 Å². The summed E-state index contributed by atoms with van der Waals surface area (Å²) in [6, 6.07) is 0.441. The van der Waals surface area contributed by atoms with E-state index in [2.05, 4.69) is 5.32 Å². The van der Waals surface area contributed by atoms with E-state index >= 15 is 0 Å². The van der Waals surface area contributed by atoms with Gasteiger partial charge in [-0.1, -0.05) is 0 Å². The normalized spacial score (nSPS) is 11.9. The molecule has 6 nitrogen and oxygen atoms in total. The summed E-state index contributed by atoms with van der Waals surface area (Å²) >= 11 is 1.55. The average molecular weight is 272 g/mol. The molecule has 2 amide bonds. The van der Waals surface area contributed by atoms with E-state index in [-0.39, 0.29) is 6.61 Å². The number of aliphatic carboxylic acids is 1. The fraction of sp³-hybridized carbons (Fsp3) is 0.455. The first kappa shape index (κ1) is 14.5. The topological polar surface area (TPSA) is 78.9 Å². The first-order chi connectivity index (χ1) is 8.54. The fourth-order valence-corrected chi connectivity index (χ4v) is 1.99. The van der Waals surface area contributed by atoms with Gasteiger partial charge in [-0.3, -0.25) is 0 Å². The van der Waals surface area contributed by atoms with Gasteiger partial charge in [-0.25, -0.2) is 9.59 Å². The van der Waals surface area contributed by atoms with Gasteiger partial charge in [0.15, 0.2) is 6.04 Å². The van der Waals surface area contributed by atoms with Gasteiger partial charge in [0.2, 0.25) is 0 Å². The van der Waals surface area contributed by atoms with Crippen LogP contribution in [-0.4, -0.2) is 48.8 Å². The fourth-order valence-electron chi connectivity index (χ4n) is 1.33. The zero-order chi connectivity index (χ0) is 13.5. The van der Waals surface area contributed by atoms with Gasteiger partial charge in [-0.15, -0.1) is 0 Å². The van der Waals surface area contributed by atoms with Crippen molar-refractivity contribution in [2.75, 3.05) is 20.8 Å². The molecule has 0 aliphatic rings. The summed E-state index contributed by atoms with van der Waals surface area (Å²) in [5.41, 5.74) is 1.01. The van der Waals surface area contributed by atoms with Crippen LogP contribution in [0.3, 0.4) is 0 Å². The third kappa shape index (κ3) is 4.34. The SMILES string of the molecule is COCC(NC(=O)N(C)Cc1ccsc1)C(=O)O. The Balaban J connectivity index is 2.50. The number of nitrogens with zero attached hydrogens (tertiary/aromatic N) is 1. The number of thiophene rings is 1. The number of nitrogens with one attached hydrogen (secondary N) is 1. The number of carbonyl (C=O) groups is 2. The molecule has 0 saturated carbocycles. The highest BCUT2D eigenvalue weighted by molar-refractivity contribution is 7.07. The van der Waals surface area contributed by atoms with Gasteiger partial charge in [0.05, 0.1) is 6.61 Å². The summed E-state index contributed by atoms with van der Waals surface area (Å²) in [5.74, 6) is -1.12. The Bertz CT molecular complexity index is 394. The maximum absolute atomic E-state index is 11.8. The second-order valence-corrected chi connectivity index (χ2v) is 4.56. The molecule has 1 unspecified atom stereocenters. The van der Waals surface area contributed by atoms with E-state index in [1.807, 2.05) is 16.8 Å². The molecule has 0 spiro atoms. The second kappa shape index (κ2) is 6.97. The van der Waals surface area contributed by atoms with Crippen LogP contribution in [0.25, 0.3) is 0 Å². The van der Waals surface area contributed by atoms with E-state index in [0.717, 1.165) is 5.56 Å². The van der Waals surface area contributed by atoms with Gasteiger partial charge < -0.3 is 20.1 Å². The van der Waals surface area contributed by atoms with Crippen LogP contribution in [0.5, 0.6) is 0 Å². The Morgan fingerprint density at radius 2 is 2.33 bits per heavy atom. The van der Waals surface area contributed by atoms with Gasteiger partial charge in [-0.2, -0.15) is 11.3 Å². The van der Waals surface area contributed by atoms with E-state index in [9.17, 15) is 9.59 Å². The van der Waals surface area contributed by atoms with Crippen molar-refractivity contribution in [3.63, 3.8) is 0 Å². The minimum absolute atomic E-state index is 0.0621. The largest absolute Gasteiger partial charge is 0.480 e. The van der Waals surface area contributed by atoms with Crippen LogP contribution in [0, 0.1) is 0 Å². The smallest absolute Gasteiger partial charge is 0.328 e. The van der Waals surface area contributed by atoms with E-state index in [0.29, 0.717) is 6.54 Å². The Labute approximate surface area is 109 Å². The predicted octanol–water partition coefficient (Wildman–Crippen LogP) is 0.989. The van der Waals surface area contributed by atoms with Crippen molar-refractivity contribution in [2.24, 2.45) is 0 Å². The highest BCUT2D eigenvalue weighted by Gasteiger charge is 2.21. The van der Waals surface area contributed by atoms with Crippen molar-refractivity contribution in [1.29, 1.82) is 0 Å². The Morgan fingerprint density at radius 1 is 1.61 bits per heavy atom. The summed E-state index contributed by atoms with van der Waals surface area (Å²) in [5, 5.41) is 15.1. The number of carboxylic acids is 1. The highest BCUT2D eigenvalue weighted by atomic mass is 32.1. The molecule has 0 fully saturated rings. The molecule has 0 aromatic carbocycles. The second-order valence-electron chi connectivity index (χ2n) is 3.78. The molecule has 0 bridgehead atoms. The molecule has 7 heteroatoms. The summed E-state index contributed by atoms with van der Waals surface area (Å²) < 4.78 is 4.74. The number of amides is 2. The van der Waals surface area contributed by atoms with Crippen LogP contribution in [0.15, 0.2) is 16.8 Å². The van der Waals surface area contributed by atoms with Crippen LogP contribution in [0.4, 0.5) is 4.79 Å². The summed E-state index contributed by atoms with van der Waals surface area (Å²) in [6.45, 7) is 0.377. The van der Waals surface area contributed by atoms with Gasteiger partial charge in [0.1, 0.15) is 0 Å². The quantitative estimate of drug-likeness (QED) is 0.809. The zero-order valence-electron chi connectivity index (χ0n) is 10.3. The lowest BCUT2D eigenvalue weighted by Gasteiger charge is -2.20. The lowest BCUT2D eigenvalue weighted by molar-refractivity contribution is -0.140. The minimum Gasteiger partial charge on any atom is -0.480 e. The molecular formula is C11H16N2O4S. The van der Waals surface area contributed by atoms with Crippen LogP contribution in [0.1, 0.15) is 5.56 Å². The molecule has 0 aliphatic heterocycles. The summed E-state index contributed by atoms with van der Waals surface area (Å²) in [7, 11) is 3.00. The molecule has 1 aromatic rings. The molecule has 1 heterocycles. The van der Waals surface area contributed by atoms with Gasteiger partial charge >= 0.3 is 12.0 Å². The van der Waals surface area contributed by atoms with E-state index in [4.69, 9.17) is 9.84 Å². The van der Waals surface area contributed by atoms with E-state index < -0.39 is 18.0 Å². The third-order valence-corrected chi connectivity index (χ3v) is 3.01. The molecule has 1 rings (SSSR count). The molecule has 0 radical (unpaired) electrons. The molecular weight excluding hydrogens is 256 g/mol. The molecule has 1 atom stereocenters. The number of methoxy groups -OCH3 is 1. The summed E-state index contributed by atoms with van der Waals surface area (Å²) in [6.07, 6.45) is 0. The Morgan fingerprint density at radius 3 is 2.83 bits per heavy atom. The first-order valence-electron chi connectivity index (χ1n) is 5.29. The van der Waals surface area contributed by atoms with Crippen molar-refractivity contribution < 1.29 is 19.4 Å². The third-order valence-electron chi connectivity index (χ3n) is 2.28. The van der Waals surface area contributed by atoms with Crippen molar-refractivity contribution in [2.45, 2.75) is 12.6 Å². The van der Waals surface area contributed by atoms with Crippen LogP contribution in [0.2, 0.25) is 0 Å². The maximum atomic E-state index is 11.8. The maximum Gasteiger partial charge on any atom is 0.328 e. The first-order valence-corrected chi connectivity index (χ1v) is 6.23. The zero-order valence-corrected chi connectivity index (χ0v) is 11.1. The predicted molar refractivity (Wildman–Crippen MR) is 67.6 cm³/mol. The Hall–Kier alpha value is -1.60. The number of urea groups is 1. The number of carbonyl (C=O) groups excluding carboxylic acids is 1. The Kier molecular flexibility index (Phi) is 5.60. The van der Waals surface area contributed by atoms with Crippen molar-refractivity contribution >= 4 is 23.3 Å². The van der Waals surface area contributed by atoms with Crippen molar-refractivity contribution in [3.8, 4) is 0 Å². The number of rotatable bonds is 6. The lowest BCUT2D eigenvalue weighted by Crippen LogP contribution is -2.48. The van der Waals surface area contributed by atoms with Crippen LogP contribution < -0.4 is 5.32 Å². The van der Waals surface area contributed by atoms with Gasteiger partial charge in [-0.05, 0) is 22.4 Å². The molecule has 18 heavy (non-hydrogen) atoms. The lowest BCUT2D eigenvalue weighted by atomic mass is 10.3. The number of hydrogen-bond donors (Lipinski definition) is 2. The molecule has 0 aliphatic carbocycles. The standard InChI is InChI=1S/C11H16N2O4S/c1-13(5-8-3-4-18-7-8)11(16)12-9(6-17-2)10(14)15/h3-4,7,9H,5-6H2,1-2H3,(H,12,16)(H,14,15). The van der Waals surface area contributed by atoms with Crippen LogP contribution >= 0.6 is 11.3 Å².